The minimum Gasteiger partial charge on any atom is -0.459 e. The molecule has 7 heteroatoms. The van der Waals surface area contributed by atoms with Crippen LogP contribution < -0.4 is 52.2 Å². The number of rotatable bonds is 9. The summed E-state index contributed by atoms with van der Waals surface area (Å²) in [6.07, 6.45) is 0. The lowest BCUT2D eigenvalue weighted by Gasteiger charge is -2.48. The molecule has 0 saturated heterocycles. The van der Waals surface area contributed by atoms with Crippen LogP contribution in [0, 0.1) is 0 Å². The van der Waals surface area contributed by atoms with Gasteiger partial charge < -0.3 is 19.4 Å². The first kappa shape index (κ1) is 44.9. The van der Waals surface area contributed by atoms with E-state index in [1.54, 1.807) is 11.0 Å². The van der Waals surface area contributed by atoms with Gasteiger partial charge in [0.1, 0.15) is 11.5 Å². The van der Waals surface area contributed by atoms with Gasteiger partial charge in [-0.1, -0.05) is 311 Å². The van der Waals surface area contributed by atoms with Crippen molar-refractivity contribution in [2.75, 3.05) is 14.7 Å². The molecule has 15 aromatic carbocycles. The first-order valence-corrected chi connectivity index (χ1v) is 37.2. The highest BCUT2D eigenvalue weighted by Crippen LogP contribution is 2.57. The summed E-state index contributed by atoms with van der Waals surface area (Å²) in [6, 6.07) is 36.2. The summed E-state index contributed by atoms with van der Waals surface area (Å²) in [5, 5.41) is 1.46. The highest BCUT2D eigenvalue weighted by atomic mass is 32.1. The summed E-state index contributed by atoms with van der Waals surface area (Å²) < 4.78 is 262. The highest BCUT2D eigenvalue weighted by Gasteiger charge is 2.52. The SMILES string of the molecule is [2H]c1c([2H])c([2H])c(-c2c([2H])c([2H])c3c(c2[2H])B2c4c([2H])c([2H])c(-c5c([2H])c([2H])c([2H])c([2H])c5[2H])c([2H])c4N(c4ccc(C(C)(C)C)cc4-c4ccccc4)c4c([2H])c5c(c(c42)O3)B2c3c(cc(C(C)(C)C)cc3N(c3cccc4sc6ccccc6c34)c3c([2H])c(-c4c([2H])c([2H])c([2H])c([2H])c4[2H])c([2H])c([2H])c32)N5c2c(-c3ccccc3)cc(C(C)(C)C)cc2-c2ccccc2)c([2H])c1[2H]. The molecule has 20 rings (SSSR count). The van der Waals surface area contributed by atoms with Gasteiger partial charge in [-0.3, -0.25) is 0 Å². The molecule has 0 N–H and O–H groups in total. The van der Waals surface area contributed by atoms with Gasteiger partial charge in [-0.25, -0.2) is 0 Å². The molecule has 4 aliphatic rings. The molecular formula is C102H81B2N3OS. The Morgan fingerprint density at radius 3 is 1.34 bits per heavy atom. The fourth-order valence-electron chi connectivity index (χ4n) is 16.1. The summed E-state index contributed by atoms with van der Waals surface area (Å²) in [7, 11) is 0. The summed E-state index contributed by atoms with van der Waals surface area (Å²) >= 11 is 1.50. The van der Waals surface area contributed by atoms with Crippen molar-refractivity contribution < 1.29 is 39.0 Å². The van der Waals surface area contributed by atoms with E-state index in [1.165, 1.54) is 11.3 Å². The largest absolute Gasteiger partial charge is 0.459 e. The van der Waals surface area contributed by atoms with Crippen LogP contribution in [-0.2, 0) is 16.2 Å². The Bertz CT molecular complexity index is 7800. The molecule has 16 aromatic rings. The van der Waals surface area contributed by atoms with Crippen molar-refractivity contribution in [3.8, 4) is 78.3 Å². The molecule has 0 unspecified atom stereocenters. The van der Waals surface area contributed by atoms with Crippen molar-refractivity contribution in [2.45, 2.75) is 78.6 Å². The smallest absolute Gasteiger partial charge is 0.256 e. The molecule has 4 aliphatic heterocycles. The molecule has 0 fully saturated rings. The quantitative estimate of drug-likeness (QED) is 0.134. The molecule has 5 heterocycles. The van der Waals surface area contributed by atoms with Crippen molar-refractivity contribution >= 4 is 129 Å². The second-order valence-corrected chi connectivity index (χ2v) is 32.2. The fourth-order valence-corrected chi connectivity index (χ4v) is 17.2. The molecule has 0 amide bonds. The third kappa shape index (κ3) is 10.9. The maximum Gasteiger partial charge on any atom is 0.256 e. The first-order valence-electron chi connectivity index (χ1n) is 48.9. The summed E-state index contributed by atoms with van der Waals surface area (Å²) in [6.45, 7) is 14.8. The lowest BCUT2D eigenvalue weighted by atomic mass is 9.30. The molecule has 4 nitrogen and oxygen atoms in total. The zero-order chi connectivity index (χ0) is 95.5. The molecule has 0 bridgehead atoms. The number of hydrogen-bond acceptors (Lipinski definition) is 5. The minimum absolute atomic E-state index is 0.0519. The van der Waals surface area contributed by atoms with Crippen LogP contribution >= 0.6 is 11.3 Å². The Labute approximate surface area is 680 Å². The van der Waals surface area contributed by atoms with Crippen molar-refractivity contribution in [3.63, 3.8) is 0 Å². The van der Waals surface area contributed by atoms with Crippen molar-refractivity contribution in [2.24, 2.45) is 0 Å². The summed E-state index contributed by atoms with van der Waals surface area (Å²) in [4.78, 5) is 5.43. The molecule has 1 aromatic heterocycles. The number of nitrogens with zero attached hydrogens (tertiary/aromatic N) is 3. The van der Waals surface area contributed by atoms with E-state index in [0.717, 1.165) is 25.9 Å². The van der Waals surface area contributed by atoms with E-state index < -0.39 is 225 Å². The van der Waals surface area contributed by atoms with Crippen LogP contribution in [0.4, 0.5) is 51.2 Å². The molecule has 522 valence electrons. The van der Waals surface area contributed by atoms with Gasteiger partial charge in [-0.15, -0.1) is 11.3 Å². The van der Waals surface area contributed by atoms with Gasteiger partial charge in [0.2, 0.25) is 0 Å². The topological polar surface area (TPSA) is 19.0 Å². The van der Waals surface area contributed by atoms with Crippen LogP contribution in [0.5, 0.6) is 11.5 Å². The van der Waals surface area contributed by atoms with Crippen LogP contribution in [-0.4, -0.2) is 13.4 Å². The van der Waals surface area contributed by atoms with Gasteiger partial charge in [-0.2, -0.15) is 0 Å². The molecule has 0 saturated carbocycles. The monoisotopic (exact) mass is 1440 g/mol. The predicted octanol–water partition coefficient (Wildman–Crippen LogP) is 24.4. The summed E-state index contributed by atoms with van der Waals surface area (Å²) in [5.74, 6) is -0.922. The Kier molecular flexibility index (Phi) is 10.4. The van der Waals surface area contributed by atoms with Crippen LogP contribution in [0.15, 0.2) is 327 Å². The van der Waals surface area contributed by atoms with E-state index in [-0.39, 0.29) is 56.0 Å². The first-order chi connectivity index (χ1) is 63.4. The number of ether oxygens (including phenoxy) is 1. The molecule has 109 heavy (non-hydrogen) atoms. The Morgan fingerprint density at radius 2 is 0.771 bits per heavy atom. The van der Waals surface area contributed by atoms with Crippen molar-refractivity contribution in [1.82, 2.24) is 0 Å². The predicted molar refractivity (Wildman–Crippen MR) is 468 cm³/mol. The van der Waals surface area contributed by atoms with Gasteiger partial charge in [0.05, 0.1) is 51.3 Å². The molecule has 0 aliphatic carbocycles. The second-order valence-electron chi connectivity index (χ2n) is 31.1. The van der Waals surface area contributed by atoms with E-state index in [9.17, 15) is 27.4 Å². The number of fused-ring (bicyclic) bond motifs is 12. The van der Waals surface area contributed by atoms with Gasteiger partial charge in [0.25, 0.3) is 13.4 Å². The molecule has 0 atom stereocenters. The Balaban J connectivity index is 1.09. The van der Waals surface area contributed by atoms with Crippen LogP contribution in [0.3, 0.4) is 0 Å². The van der Waals surface area contributed by atoms with Crippen LogP contribution in [0.1, 0.15) is 113 Å². The third-order valence-corrected chi connectivity index (χ3v) is 22.6. The molecular weight excluding hydrogens is 1340 g/mol. The zero-order valence-electron chi connectivity index (χ0n) is 86.1. The second kappa shape index (κ2) is 25.2. The zero-order valence-corrected chi connectivity index (χ0v) is 61.9. The lowest BCUT2D eigenvalue weighted by molar-refractivity contribution is 0.491. The minimum atomic E-state index is -1.98. The molecule has 0 radical (unpaired) electrons. The maximum atomic E-state index is 12.7. The fraction of sp³-hybridized carbons (Fsp3) is 0.118. The third-order valence-electron chi connectivity index (χ3n) is 21.4. The number of hydrogen-bond donors (Lipinski definition) is 0. The van der Waals surface area contributed by atoms with Crippen molar-refractivity contribution in [1.29, 1.82) is 0 Å². The lowest BCUT2D eigenvalue weighted by Crippen LogP contribution is -2.65. The van der Waals surface area contributed by atoms with Gasteiger partial charge in [0.15, 0.2) is 0 Å². The number of thiophene rings is 1. The summed E-state index contributed by atoms with van der Waals surface area (Å²) in [5.41, 5.74) is 0.115. The van der Waals surface area contributed by atoms with Gasteiger partial charge in [0, 0.05) is 71.0 Å². The van der Waals surface area contributed by atoms with E-state index in [0.29, 0.717) is 72.5 Å². The van der Waals surface area contributed by atoms with Gasteiger partial charge >= 0.3 is 0 Å². The average Bonchev–Trinajstić information content (AvgIpc) is 1.24. The average molecular weight is 1440 g/mol. The Morgan fingerprint density at radius 1 is 0.312 bits per heavy atom. The highest BCUT2D eigenvalue weighted by molar-refractivity contribution is 7.26. The van der Waals surface area contributed by atoms with Crippen molar-refractivity contribution in [3.05, 3.63) is 344 Å². The van der Waals surface area contributed by atoms with E-state index in [1.807, 2.05) is 209 Å². The Hall–Kier alpha value is -12.2. The van der Waals surface area contributed by atoms with Crippen LogP contribution in [0.25, 0.3) is 86.9 Å². The maximum absolute atomic E-state index is 12.7. The number of benzene rings is 15. The standard InChI is InChI=1S/C102H81B2N3OS/c1-100(2,3)73-50-53-83(77(58-73)67-37-22-13-23-38-67)105-85-56-71(65-33-18-11-19-34-65)47-51-80(85)103-82-55-70(64-31-16-10-17-32-64)49-54-91(82)108-99-96(103)89(105)63-90-97(99)104-81-52-48-72(66-35-20-12-21-36-66)57-86(81)106(84-44-30-46-93-94(84)76-43-28-29-45-92(76)109-93)87-61-75(102(7,8)9)62-88(95(87)104)107(90)98-78(68-39-24-14-25-40-68)59-74(101(4,5)6)60-79(98)69-41-26-15-27-42-69/h10-63H,1-9H3/i10D,11D,12D,16D,17D,18D,19D,20D,21D,31D,32D,33D,34D,35D,36D,47D,48D,49D,51D,52D,54D,55D,56D,57D,63D. The molecule has 0 spiro atoms. The van der Waals surface area contributed by atoms with E-state index >= 15 is 0 Å². The normalized spacial score (nSPS) is 16.6. The van der Waals surface area contributed by atoms with Gasteiger partial charge in [-0.05, 0) is 195 Å². The van der Waals surface area contributed by atoms with E-state index in [4.69, 9.17) is 11.6 Å². The van der Waals surface area contributed by atoms with E-state index in [2.05, 4.69) is 32.9 Å². The van der Waals surface area contributed by atoms with Crippen LogP contribution in [0.2, 0.25) is 0 Å². The number of anilines is 9.